The van der Waals surface area contributed by atoms with Crippen LogP contribution in [0.5, 0.6) is 5.75 Å². The molecular formula is C8H9FN2O3. The van der Waals surface area contributed by atoms with Gasteiger partial charge < -0.3 is 10.5 Å². The molecule has 1 rings (SSSR count). The van der Waals surface area contributed by atoms with Gasteiger partial charge in [0.05, 0.1) is 4.92 Å². The molecule has 0 saturated carbocycles. The number of hydrogen-bond donors (Lipinski definition) is 1. The molecule has 0 saturated heterocycles. The fourth-order valence-electron chi connectivity index (χ4n) is 0.945. The van der Waals surface area contributed by atoms with E-state index < -0.39 is 16.4 Å². The van der Waals surface area contributed by atoms with Crippen molar-refractivity contribution in [3.05, 3.63) is 34.1 Å². The van der Waals surface area contributed by atoms with Crippen molar-refractivity contribution in [2.24, 2.45) is 5.73 Å². The van der Waals surface area contributed by atoms with Crippen LogP contribution in [0.4, 0.5) is 10.1 Å². The summed E-state index contributed by atoms with van der Waals surface area (Å²) in [6.07, 6.45) is 0. The summed E-state index contributed by atoms with van der Waals surface area (Å²) < 4.78 is 17.9. The predicted octanol–water partition coefficient (Wildman–Crippen LogP) is 1.07. The van der Waals surface area contributed by atoms with E-state index in [1.54, 1.807) is 0 Å². The summed E-state index contributed by atoms with van der Waals surface area (Å²) in [5, 5.41) is 10.5. The van der Waals surface area contributed by atoms with Crippen LogP contribution in [-0.2, 0) is 0 Å². The summed E-state index contributed by atoms with van der Waals surface area (Å²) in [5.74, 6) is -1.12. The Labute approximate surface area is 79.4 Å². The molecule has 0 unspecified atom stereocenters. The lowest BCUT2D eigenvalue weighted by molar-refractivity contribution is -0.386. The minimum atomic E-state index is -0.757. The number of nitrogens with zero attached hydrogens (tertiary/aromatic N) is 1. The molecule has 0 radical (unpaired) electrons. The first-order chi connectivity index (χ1) is 6.66. The SMILES string of the molecule is NCCOc1c(F)cccc1[N+](=O)[O-]. The minimum absolute atomic E-state index is 0.0434. The van der Waals surface area contributed by atoms with E-state index >= 15 is 0 Å². The highest BCUT2D eigenvalue weighted by Gasteiger charge is 2.18. The number of rotatable bonds is 4. The number of nitro benzene ring substituents is 1. The van der Waals surface area contributed by atoms with E-state index in [4.69, 9.17) is 10.5 Å². The van der Waals surface area contributed by atoms with Crippen LogP contribution < -0.4 is 10.5 Å². The third-order valence-corrected chi connectivity index (χ3v) is 1.51. The van der Waals surface area contributed by atoms with Gasteiger partial charge in [-0.3, -0.25) is 10.1 Å². The lowest BCUT2D eigenvalue weighted by Gasteiger charge is -2.05. The van der Waals surface area contributed by atoms with Gasteiger partial charge in [0.2, 0.25) is 5.75 Å². The summed E-state index contributed by atoms with van der Waals surface area (Å²) in [6, 6.07) is 3.52. The molecule has 0 atom stereocenters. The Hall–Kier alpha value is -1.69. The van der Waals surface area contributed by atoms with Crippen LogP contribution in [0, 0.1) is 15.9 Å². The van der Waals surface area contributed by atoms with Gasteiger partial charge in [-0.2, -0.15) is 0 Å². The maximum absolute atomic E-state index is 13.1. The van der Waals surface area contributed by atoms with E-state index in [2.05, 4.69) is 0 Å². The quantitative estimate of drug-likeness (QED) is 0.582. The van der Waals surface area contributed by atoms with Gasteiger partial charge in [-0.1, -0.05) is 6.07 Å². The zero-order valence-corrected chi connectivity index (χ0v) is 7.27. The van der Waals surface area contributed by atoms with Crippen molar-refractivity contribution < 1.29 is 14.1 Å². The number of para-hydroxylation sites is 1. The molecule has 5 nitrogen and oxygen atoms in total. The average Bonchev–Trinajstić information content (AvgIpc) is 2.15. The van der Waals surface area contributed by atoms with Gasteiger partial charge in [-0.15, -0.1) is 0 Å². The molecule has 1 aromatic carbocycles. The Kier molecular flexibility index (Phi) is 3.35. The highest BCUT2D eigenvalue weighted by molar-refractivity contribution is 5.46. The summed E-state index contributed by atoms with van der Waals surface area (Å²) in [7, 11) is 0. The zero-order chi connectivity index (χ0) is 10.6. The van der Waals surface area contributed by atoms with E-state index in [1.807, 2.05) is 0 Å². The topological polar surface area (TPSA) is 78.4 Å². The number of hydrogen-bond acceptors (Lipinski definition) is 4. The van der Waals surface area contributed by atoms with Crippen molar-refractivity contribution in [1.29, 1.82) is 0 Å². The lowest BCUT2D eigenvalue weighted by Crippen LogP contribution is -2.12. The van der Waals surface area contributed by atoms with Gasteiger partial charge in [0.25, 0.3) is 0 Å². The van der Waals surface area contributed by atoms with E-state index in [0.29, 0.717) is 0 Å². The normalized spacial score (nSPS) is 9.86. The van der Waals surface area contributed by atoms with Crippen LogP contribution in [0.1, 0.15) is 0 Å². The third-order valence-electron chi connectivity index (χ3n) is 1.51. The van der Waals surface area contributed by atoms with Crippen molar-refractivity contribution in [1.82, 2.24) is 0 Å². The summed E-state index contributed by atoms with van der Waals surface area (Å²) in [4.78, 5) is 9.77. The van der Waals surface area contributed by atoms with E-state index in [-0.39, 0.29) is 18.9 Å². The largest absolute Gasteiger partial charge is 0.483 e. The van der Waals surface area contributed by atoms with Crippen LogP contribution in [0.25, 0.3) is 0 Å². The summed E-state index contributed by atoms with van der Waals surface area (Å²) in [5.41, 5.74) is 4.74. The Balaban J connectivity index is 3.02. The first kappa shape index (κ1) is 10.4. The monoisotopic (exact) mass is 200 g/mol. The Bertz CT molecular complexity index is 343. The molecule has 0 spiro atoms. The first-order valence-corrected chi connectivity index (χ1v) is 3.92. The third kappa shape index (κ3) is 2.17. The average molecular weight is 200 g/mol. The molecule has 0 bridgehead atoms. The second kappa shape index (κ2) is 4.52. The van der Waals surface area contributed by atoms with Gasteiger partial charge in [-0.25, -0.2) is 4.39 Å². The number of nitrogens with two attached hydrogens (primary N) is 1. The second-order valence-corrected chi connectivity index (χ2v) is 2.48. The molecular weight excluding hydrogens is 191 g/mol. The van der Waals surface area contributed by atoms with Crippen LogP contribution in [0.3, 0.4) is 0 Å². The van der Waals surface area contributed by atoms with Crippen molar-refractivity contribution in [3.8, 4) is 5.75 Å². The Morgan fingerprint density at radius 2 is 2.29 bits per heavy atom. The lowest BCUT2D eigenvalue weighted by atomic mass is 10.3. The summed E-state index contributed by atoms with van der Waals surface area (Å²) in [6.45, 7) is 0.216. The van der Waals surface area contributed by atoms with E-state index in [9.17, 15) is 14.5 Å². The van der Waals surface area contributed by atoms with Crippen LogP contribution in [0.2, 0.25) is 0 Å². The summed E-state index contributed by atoms with van der Waals surface area (Å²) >= 11 is 0. The maximum atomic E-state index is 13.1. The number of nitro groups is 1. The van der Waals surface area contributed by atoms with Gasteiger partial charge in [0.15, 0.2) is 5.82 Å². The molecule has 2 N–H and O–H groups in total. The molecule has 0 aliphatic heterocycles. The molecule has 0 amide bonds. The molecule has 0 aliphatic carbocycles. The Morgan fingerprint density at radius 1 is 1.57 bits per heavy atom. The van der Waals surface area contributed by atoms with E-state index in [1.165, 1.54) is 12.1 Å². The molecule has 14 heavy (non-hydrogen) atoms. The molecule has 1 aromatic rings. The number of benzene rings is 1. The van der Waals surface area contributed by atoms with Crippen molar-refractivity contribution in [3.63, 3.8) is 0 Å². The fourth-order valence-corrected chi connectivity index (χ4v) is 0.945. The van der Waals surface area contributed by atoms with Crippen molar-refractivity contribution in [2.45, 2.75) is 0 Å². The molecule has 0 heterocycles. The molecule has 0 aliphatic rings. The predicted molar refractivity (Wildman–Crippen MR) is 47.6 cm³/mol. The van der Waals surface area contributed by atoms with Crippen LogP contribution in [0.15, 0.2) is 18.2 Å². The minimum Gasteiger partial charge on any atom is -0.483 e. The van der Waals surface area contributed by atoms with Gasteiger partial charge in [-0.05, 0) is 6.07 Å². The second-order valence-electron chi connectivity index (χ2n) is 2.48. The fraction of sp³-hybridized carbons (Fsp3) is 0.250. The first-order valence-electron chi connectivity index (χ1n) is 3.92. The molecule has 6 heteroatoms. The molecule has 76 valence electrons. The van der Waals surface area contributed by atoms with Gasteiger partial charge in [0, 0.05) is 12.6 Å². The number of halogens is 1. The van der Waals surface area contributed by atoms with E-state index in [0.717, 1.165) is 6.07 Å². The standard InChI is InChI=1S/C8H9FN2O3/c9-6-2-1-3-7(11(12)13)8(6)14-5-4-10/h1-3H,4-5,10H2. The Morgan fingerprint density at radius 3 is 2.86 bits per heavy atom. The highest BCUT2D eigenvalue weighted by atomic mass is 19.1. The van der Waals surface area contributed by atoms with Gasteiger partial charge >= 0.3 is 5.69 Å². The van der Waals surface area contributed by atoms with Crippen LogP contribution in [-0.4, -0.2) is 18.1 Å². The molecule has 0 fully saturated rings. The van der Waals surface area contributed by atoms with Crippen molar-refractivity contribution in [2.75, 3.05) is 13.2 Å². The number of ether oxygens (including phenoxy) is 1. The highest BCUT2D eigenvalue weighted by Crippen LogP contribution is 2.29. The van der Waals surface area contributed by atoms with Gasteiger partial charge in [0.1, 0.15) is 6.61 Å². The smallest absolute Gasteiger partial charge is 0.314 e. The van der Waals surface area contributed by atoms with Crippen LogP contribution >= 0.6 is 0 Å². The zero-order valence-electron chi connectivity index (χ0n) is 7.27. The molecule has 0 aromatic heterocycles. The van der Waals surface area contributed by atoms with Crippen molar-refractivity contribution >= 4 is 5.69 Å². The maximum Gasteiger partial charge on any atom is 0.314 e.